The summed E-state index contributed by atoms with van der Waals surface area (Å²) in [5.41, 5.74) is 0.266. The Bertz CT molecular complexity index is 194. The molecule has 2 heteroatoms. The Morgan fingerprint density at radius 1 is 1.46 bits per heavy atom. The van der Waals surface area contributed by atoms with Crippen LogP contribution in [0.25, 0.3) is 0 Å². The highest BCUT2D eigenvalue weighted by Gasteiger charge is 2.32. The molecule has 0 saturated heterocycles. The van der Waals surface area contributed by atoms with Gasteiger partial charge < -0.3 is 0 Å². The Balaban J connectivity index is 2.66. The van der Waals surface area contributed by atoms with Gasteiger partial charge in [-0.3, -0.25) is 0 Å². The first-order valence-corrected chi connectivity index (χ1v) is 5.11. The Hall–Kier alpha value is -0.400. The van der Waals surface area contributed by atoms with Crippen molar-refractivity contribution in [3.05, 3.63) is 11.6 Å². The zero-order valence-electron chi connectivity index (χ0n) is 8.45. The van der Waals surface area contributed by atoms with Gasteiger partial charge in [-0.1, -0.05) is 19.4 Å². The zero-order chi connectivity index (χ0) is 9.90. The van der Waals surface area contributed by atoms with E-state index in [1.54, 1.807) is 13.0 Å². The monoisotopic (exact) mass is 188 g/mol. The molecule has 13 heavy (non-hydrogen) atoms. The van der Waals surface area contributed by atoms with Gasteiger partial charge in [0.1, 0.15) is 0 Å². The van der Waals surface area contributed by atoms with Crippen LogP contribution in [-0.4, -0.2) is 5.92 Å². The third kappa shape index (κ3) is 2.78. The van der Waals surface area contributed by atoms with E-state index in [1.165, 1.54) is 0 Å². The van der Waals surface area contributed by atoms with E-state index in [4.69, 9.17) is 0 Å². The van der Waals surface area contributed by atoms with E-state index in [-0.39, 0.29) is 12.0 Å². The van der Waals surface area contributed by atoms with Crippen molar-refractivity contribution in [1.82, 2.24) is 0 Å². The Labute approximate surface area is 79.0 Å². The summed E-state index contributed by atoms with van der Waals surface area (Å²) in [5, 5.41) is 0. The number of rotatable bonds is 1. The first-order valence-electron chi connectivity index (χ1n) is 5.11. The molecule has 0 heterocycles. The molecule has 1 rings (SSSR count). The quantitative estimate of drug-likeness (QED) is 0.542. The van der Waals surface area contributed by atoms with Gasteiger partial charge in [0.05, 0.1) is 0 Å². The standard InChI is InChI=1S/C11H18F2/c1-3-10-6-4-5-9(2)11(12,13)8-7-10/h5,10H,3-4,6-8H2,1-2H3/b9-5-. The smallest absolute Gasteiger partial charge is 0.202 e. The van der Waals surface area contributed by atoms with E-state index in [2.05, 4.69) is 6.92 Å². The molecule has 0 aromatic carbocycles. The molecule has 1 aliphatic rings. The van der Waals surface area contributed by atoms with Crippen molar-refractivity contribution >= 4 is 0 Å². The van der Waals surface area contributed by atoms with Crippen molar-refractivity contribution in [3.63, 3.8) is 0 Å². The van der Waals surface area contributed by atoms with Crippen molar-refractivity contribution in [1.29, 1.82) is 0 Å². The second kappa shape index (κ2) is 4.21. The molecular formula is C11H18F2. The third-order valence-electron chi connectivity index (χ3n) is 3.05. The number of hydrogen-bond donors (Lipinski definition) is 0. The summed E-state index contributed by atoms with van der Waals surface area (Å²) in [4.78, 5) is 0. The maximum Gasteiger partial charge on any atom is 0.269 e. The highest BCUT2D eigenvalue weighted by Crippen LogP contribution is 2.34. The molecule has 0 fully saturated rings. The lowest BCUT2D eigenvalue weighted by molar-refractivity contribution is 0.0227. The molecule has 1 aliphatic carbocycles. The molecule has 1 unspecified atom stereocenters. The molecule has 0 N–H and O–H groups in total. The topological polar surface area (TPSA) is 0 Å². The third-order valence-corrected chi connectivity index (χ3v) is 3.05. The van der Waals surface area contributed by atoms with Crippen LogP contribution in [0, 0.1) is 5.92 Å². The number of halogens is 2. The normalized spacial score (nSPS) is 32.9. The van der Waals surface area contributed by atoms with Gasteiger partial charge in [-0.2, -0.15) is 0 Å². The predicted octanol–water partition coefficient (Wildman–Crippen LogP) is 4.17. The average Bonchev–Trinajstić information content (AvgIpc) is 2.08. The van der Waals surface area contributed by atoms with Crippen LogP contribution in [-0.2, 0) is 0 Å². The second-order valence-electron chi connectivity index (χ2n) is 3.98. The maximum atomic E-state index is 13.3. The second-order valence-corrected chi connectivity index (χ2v) is 3.98. The summed E-state index contributed by atoms with van der Waals surface area (Å²) in [6.07, 6.45) is 5.34. The Morgan fingerprint density at radius 3 is 2.77 bits per heavy atom. The highest BCUT2D eigenvalue weighted by molar-refractivity contribution is 5.10. The molecule has 0 radical (unpaired) electrons. The summed E-state index contributed by atoms with van der Waals surface area (Å²) in [6, 6.07) is 0. The molecule has 0 spiro atoms. The lowest BCUT2D eigenvalue weighted by atomic mass is 9.88. The summed E-state index contributed by atoms with van der Waals surface area (Å²) in [7, 11) is 0. The fourth-order valence-electron chi connectivity index (χ4n) is 1.82. The van der Waals surface area contributed by atoms with E-state index in [0.717, 1.165) is 19.3 Å². The van der Waals surface area contributed by atoms with Crippen LogP contribution in [0.5, 0.6) is 0 Å². The summed E-state index contributed by atoms with van der Waals surface area (Å²) in [6.45, 7) is 3.63. The van der Waals surface area contributed by atoms with Crippen LogP contribution in [0.3, 0.4) is 0 Å². The zero-order valence-corrected chi connectivity index (χ0v) is 8.45. The van der Waals surface area contributed by atoms with E-state index < -0.39 is 5.92 Å². The lowest BCUT2D eigenvalue weighted by Crippen LogP contribution is -2.21. The molecule has 0 aromatic rings. The van der Waals surface area contributed by atoms with Crippen molar-refractivity contribution in [2.45, 2.75) is 51.9 Å². The fraction of sp³-hybridized carbons (Fsp3) is 0.818. The molecule has 0 aromatic heterocycles. The Kier molecular flexibility index (Phi) is 3.46. The molecule has 0 nitrogen and oxygen atoms in total. The number of hydrogen-bond acceptors (Lipinski definition) is 0. The fourth-order valence-corrected chi connectivity index (χ4v) is 1.82. The Morgan fingerprint density at radius 2 is 2.15 bits per heavy atom. The predicted molar refractivity (Wildman–Crippen MR) is 51.0 cm³/mol. The minimum Gasteiger partial charge on any atom is -0.202 e. The van der Waals surface area contributed by atoms with Gasteiger partial charge >= 0.3 is 0 Å². The van der Waals surface area contributed by atoms with Crippen LogP contribution < -0.4 is 0 Å². The van der Waals surface area contributed by atoms with Crippen LogP contribution in [0.15, 0.2) is 11.6 Å². The lowest BCUT2D eigenvalue weighted by Gasteiger charge is -2.23. The largest absolute Gasteiger partial charge is 0.269 e. The first kappa shape index (κ1) is 10.7. The van der Waals surface area contributed by atoms with Gasteiger partial charge in [-0.25, -0.2) is 8.78 Å². The van der Waals surface area contributed by atoms with Crippen molar-refractivity contribution in [2.24, 2.45) is 5.92 Å². The molecule has 0 bridgehead atoms. The van der Waals surface area contributed by atoms with Gasteiger partial charge in [0.25, 0.3) is 5.92 Å². The van der Waals surface area contributed by atoms with Crippen LogP contribution in [0.2, 0.25) is 0 Å². The summed E-state index contributed by atoms with van der Waals surface area (Å²) < 4.78 is 26.6. The van der Waals surface area contributed by atoms with Crippen LogP contribution in [0.4, 0.5) is 8.78 Å². The SMILES string of the molecule is CCC1CC/C=C(/C)C(F)(F)CC1. The molecule has 1 atom stereocenters. The van der Waals surface area contributed by atoms with Gasteiger partial charge in [0, 0.05) is 6.42 Å². The van der Waals surface area contributed by atoms with E-state index in [0.29, 0.717) is 12.3 Å². The van der Waals surface area contributed by atoms with Crippen LogP contribution in [0.1, 0.15) is 46.0 Å². The molecule has 0 amide bonds. The van der Waals surface area contributed by atoms with Gasteiger partial charge in [-0.05, 0) is 37.7 Å². The van der Waals surface area contributed by atoms with E-state index in [1.807, 2.05) is 0 Å². The molecule has 0 aliphatic heterocycles. The minimum atomic E-state index is -2.55. The van der Waals surface area contributed by atoms with Gasteiger partial charge in [0.2, 0.25) is 0 Å². The van der Waals surface area contributed by atoms with E-state index >= 15 is 0 Å². The highest BCUT2D eigenvalue weighted by atomic mass is 19.3. The number of allylic oxidation sites excluding steroid dienone is 2. The molecule has 76 valence electrons. The van der Waals surface area contributed by atoms with Crippen molar-refractivity contribution in [3.8, 4) is 0 Å². The van der Waals surface area contributed by atoms with Gasteiger partial charge in [0.15, 0.2) is 0 Å². The first-order chi connectivity index (χ1) is 6.06. The van der Waals surface area contributed by atoms with E-state index in [9.17, 15) is 8.78 Å². The summed E-state index contributed by atoms with van der Waals surface area (Å²) >= 11 is 0. The van der Waals surface area contributed by atoms with Crippen molar-refractivity contribution < 1.29 is 8.78 Å². The molecular weight excluding hydrogens is 170 g/mol. The summed E-state index contributed by atoms with van der Waals surface area (Å²) in [5.74, 6) is -2.05. The molecule has 0 saturated carbocycles. The van der Waals surface area contributed by atoms with Crippen molar-refractivity contribution in [2.75, 3.05) is 0 Å². The maximum absolute atomic E-state index is 13.3. The number of alkyl halides is 2. The van der Waals surface area contributed by atoms with Gasteiger partial charge in [-0.15, -0.1) is 0 Å². The van der Waals surface area contributed by atoms with Crippen LogP contribution >= 0.6 is 0 Å². The minimum absolute atomic E-state index is 0.0356. The average molecular weight is 188 g/mol.